The van der Waals surface area contributed by atoms with Gasteiger partial charge in [0.25, 0.3) is 5.56 Å². The molecule has 1 atom stereocenters. The maximum absolute atomic E-state index is 13.0. The van der Waals surface area contributed by atoms with Crippen molar-refractivity contribution in [2.45, 2.75) is 51.5 Å². The molecular weight excluding hydrogens is 394 g/mol. The zero-order valence-corrected chi connectivity index (χ0v) is 18.3. The van der Waals surface area contributed by atoms with Gasteiger partial charge in [0.2, 0.25) is 11.9 Å². The monoisotopic (exact) mass is 425 g/mol. The lowest BCUT2D eigenvalue weighted by Gasteiger charge is -2.36. The molecule has 8 nitrogen and oxygen atoms in total. The number of amides is 1. The van der Waals surface area contributed by atoms with E-state index < -0.39 is 0 Å². The van der Waals surface area contributed by atoms with E-state index in [1.54, 1.807) is 6.07 Å². The first kappa shape index (κ1) is 20.4. The van der Waals surface area contributed by atoms with Crippen LogP contribution in [0.1, 0.15) is 50.1 Å². The van der Waals surface area contributed by atoms with Crippen molar-refractivity contribution in [3.05, 3.63) is 28.2 Å². The van der Waals surface area contributed by atoms with Crippen molar-refractivity contribution in [2.75, 3.05) is 44.3 Å². The van der Waals surface area contributed by atoms with Gasteiger partial charge in [-0.05, 0) is 38.2 Å². The number of pyridine rings is 1. The van der Waals surface area contributed by atoms with Crippen LogP contribution in [0, 0.1) is 12.8 Å². The number of rotatable bonds is 3. The normalized spacial score (nSPS) is 22.9. The van der Waals surface area contributed by atoms with Crippen molar-refractivity contribution in [2.24, 2.45) is 5.92 Å². The highest BCUT2D eigenvalue weighted by molar-refractivity contribution is 5.81. The molecule has 0 aromatic carbocycles. The minimum Gasteiger partial charge on any atom is -0.378 e. The van der Waals surface area contributed by atoms with Crippen LogP contribution in [-0.2, 0) is 9.53 Å². The van der Waals surface area contributed by atoms with E-state index in [0.29, 0.717) is 38.8 Å². The molecule has 5 rings (SSSR count). The third kappa shape index (κ3) is 3.93. The molecule has 8 heteroatoms. The molecular formula is C23H31N5O3. The van der Waals surface area contributed by atoms with E-state index in [4.69, 9.17) is 9.72 Å². The van der Waals surface area contributed by atoms with Crippen LogP contribution in [0.2, 0.25) is 0 Å². The smallest absolute Gasteiger partial charge is 0.252 e. The van der Waals surface area contributed by atoms with E-state index in [2.05, 4.69) is 9.88 Å². The molecule has 0 N–H and O–H groups in total. The molecule has 0 bridgehead atoms. The van der Waals surface area contributed by atoms with Crippen LogP contribution >= 0.6 is 0 Å². The number of hydrogen-bond donors (Lipinski definition) is 0. The SMILES string of the molecule is Cc1cc(=O)n(C2CCCC2)c2nc(N3CCCC(C(=O)N4CCOCC4)C3)ncc12. The summed E-state index contributed by atoms with van der Waals surface area (Å²) in [6.07, 6.45) is 8.04. The Bertz CT molecular complexity index is 1020. The number of nitrogens with zero attached hydrogens (tertiary/aromatic N) is 5. The van der Waals surface area contributed by atoms with E-state index in [9.17, 15) is 9.59 Å². The lowest BCUT2D eigenvalue weighted by molar-refractivity contribution is -0.139. The minimum atomic E-state index is -0.0410. The molecule has 2 saturated heterocycles. The number of anilines is 1. The van der Waals surface area contributed by atoms with Crippen molar-refractivity contribution in [3.63, 3.8) is 0 Å². The van der Waals surface area contributed by atoms with E-state index in [0.717, 1.165) is 61.7 Å². The molecule has 2 aromatic rings. The summed E-state index contributed by atoms with van der Waals surface area (Å²) in [4.78, 5) is 39.5. The summed E-state index contributed by atoms with van der Waals surface area (Å²) in [5, 5.41) is 0.938. The van der Waals surface area contributed by atoms with Crippen LogP contribution in [-0.4, -0.2) is 64.7 Å². The molecule has 1 amide bonds. The largest absolute Gasteiger partial charge is 0.378 e. The summed E-state index contributed by atoms with van der Waals surface area (Å²) in [6, 6.07) is 1.93. The number of hydrogen-bond acceptors (Lipinski definition) is 6. The fraction of sp³-hybridized carbons (Fsp3) is 0.652. The number of morpholine rings is 1. The first-order chi connectivity index (χ1) is 15.1. The molecule has 0 radical (unpaired) electrons. The van der Waals surface area contributed by atoms with E-state index in [-0.39, 0.29) is 23.4 Å². The van der Waals surface area contributed by atoms with Crippen LogP contribution in [0.4, 0.5) is 5.95 Å². The zero-order chi connectivity index (χ0) is 21.4. The molecule has 1 aliphatic carbocycles. The van der Waals surface area contributed by atoms with Gasteiger partial charge < -0.3 is 14.5 Å². The van der Waals surface area contributed by atoms with Crippen molar-refractivity contribution >= 4 is 22.9 Å². The Morgan fingerprint density at radius 3 is 2.65 bits per heavy atom. The van der Waals surface area contributed by atoms with Crippen LogP contribution in [0.3, 0.4) is 0 Å². The van der Waals surface area contributed by atoms with Gasteiger partial charge >= 0.3 is 0 Å². The fourth-order valence-corrected chi connectivity index (χ4v) is 5.33. The number of piperidine rings is 1. The van der Waals surface area contributed by atoms with E-state index >= 15 is 0 Å². The van der Waals surface area contributed by atoms with Gasteiger partial charge in [0.05, 0.1) is 19.1 Å². The first-order valence-electron chi connectivity index (χ1n) is 11.6. The Morgan fingerprint density at radius 2 is 1.87 bits per heavy atom. The van der Waals surface area contributed by atoms with Crippen molar-refractivity contribution in [1.82, 2.24) is 19.4 Å². The standard InChI is InChI=1S/C23H31N5O3/c1-16-13-20(29)28(18-6-2-3-7-18)21-19(16)14-24-23(25-21)27-8-4-5-17(15-27)22(30)26-9-11-31-12-10-26/h13-14,17-18H,2-12,15H2,1H3. The molecule has 2 aliphatic heterocycles. The molecule has 166 valence electrons. The topological polar surface area (TPSA) is 80.6 Å². The number of carbonyl (C=O) groups is 1. The second kappa shape index (κ2) is 8.57. The summed E-state index contributed by atoms with van der Waals surface area (Å²) in [6.45, 7) is 5.99. The number of aromatic nitrogens is 3. The Hall–Kier alpha value is -2.48. The van der Waals surface area contributed by atoms with E-state index in [1.807, 2.05) is 22.6 Å². The fourth-order valence-electron chi connectivity index (χ4n) is 5.33. The predicted octanol–water partition coefficient (Wildman–Crippen LogP) is 2.29. The molecule has 1 unspecified atom stereocenters. The average molecular weight is 426 g/mol. The summed E-state index contributed by atoms with van der Waals surface area (Å²) < 4.78 is 7.28. The van der Waals surface area contributed by atoms with Gasteiger partial charge in [0.1, 0.15) is 5.65 Å². The summed E-state index contributed by atoms with van der Waals surface area (Å²) in [5.41, 5.74) is 1.68. The molecule has 4 heterocycles. The van der Waals surface area contributed by atoms with Gasteiger partial charge in [0, 0.05) is 49.9 Å². The summed E-state index contributed by atoms with van der Waals surface area (Å²) in [7, 11) is 0. The zero-order valence-electron chi connectivity index (χ0n) is 18.3. The molecule has 2 aromatic heterocycles. The lowest BCUT2D eigenvalue weighted by atomic mass is 9.96. The van der Waals surface area contributed by atoms with Crippen LogP contribution < -0.4 is 10.5 Å². The number of aryl methyl sites for hydroxylation is 1. The Morgan fingerprint density at radius 1 is 1.10 bits per heavy atom. The Labute approximate surface area is 182 Å². The number of fused-ring (bicyclic) bond motifs is 1. The molecule has 0 spiro atoms. The van der Waals surface area contributed by atoms with Gasteiger partial charge in [-0.15, -0.1) is 0 Å². The highest BCUT2D eigenvalue weighted by atomic mass is 16.5. The molecule has 3 fully saturated rings. The Balaban J connectivity index is 1.45. The summed E-state index contributed by atoms with van der Waals surface area (Å²) in [5.74, 6) is 0.803. The van der Waals surface area contributed by atoms with Gasteiger partial charge in [-0.1, -0.05) is 12.8 Å². The van der Waals surface area contributed by atoms with Gasteiger partial charge in [0.15, 0.2) is 0 Å². The maximum Gasteiger partial charge on any atom is 0.252 e. The van der Waals surface area contributed by atoms with Crippen LogP contribution in [0.15, 0.2) is 17.1 Å². The third-order valence-corrected chi connectivity index (χ3v) is 7.05. The van der Waals surface area contributed by atoms with Gasteiger partial charge in [-0.2, -0.15) is 4.98 Å². The minimum absolute atomic E-state index is 0.0283. The van der Waals surface area contributed by atoms with Crippen molar-refractivity contribution in [3.8, 4) is 0 Å². The molecule has 3 aliphatic rings. The highest BCUT2D eigenvalue weighted by Gasteiger charge is 2.31. The van der Waals surface area contributed by atoms with Crippen molar-refractivity contribution < 1.29 is 9.53 Å². The average Bonchev–Trinajstić information content (AvgIpc) is 3.33. The quantitative estimate of drug-likeness (QED) is 0.751. The van der Waals surface area contributed by atoms with Gasteiger partial charge in [-0.25, -0.2) is 4.98 Å². The molecule has 31 heavy (non-hydrogen) atoms. The third-order valence-electron chi connectivity index (χ3n) is 7.05. The predicted molar refractivity (Wildman–Crippen MR) is 118 cm³/mol. The van der Waals surface area contributed by atoms with Crippen molar-refractivity contribution in [1.29, 1.82) is 0 Å². The number of ether oxygens (including phenoxy) is 1. The molecule has 1 saturated carbocycles. The summed E-state index contributed by atoms with van der Waals surface area (Å²) >= 11 is 0. The maximum atomic E-state index is 13.0. The Kier molecular flexibility index (Phi) is 5.65. The van der Waals surface area contributed by atoms with Crippen LogP contribution in [0.25, 0.3) is 11.0 Å². The second-order valence-corrected chi connectivity index (χ2v) is 9.10. The lowest BCUT2D eigenvalue weighted by Crippen LogP contribution is -2.48. The van der Waals surface area contributed by atoms with Crippen LogP contribution in [0.5, 0.6) is 0 Å². The highest BCUT2D eigenvalue weighted by Crippen LogP contribution is 2.31. The first-order valence-corrected chi connectivity index (χ1v) is 11.6. The second-order valence-electron chi connectivity index (χ2n) is 9.10. The number of carbonyl (C=O) groups excluding carboxylic acids is 1. The van der Waals surface area contributed by atoms with E-state index in [1.165, 1.54) is 0 Å². The van der Waals surface area contributed by atoms with Gasteiger partial charge in [-0.3, -0.25) is 14.2 Å².